The minimum absolute atomic E-state index is 0.0184. The molecule has 1 aromatic heterocycles. The van der Waals surface area contributed by atoms with Gasteiger partial charge in [0.05, 0.1) is 35.5 Å². The Morgan fingerprint density at radius 1 is 1.53 bits per heavy atom. The lowest BCUT2D eigenvalue weighted by molar-refractivity contribution is -0.115. The van der Waals surface area contributed by atoms with Gasteiger partial charge in [0.1, 0.15) is 0 Å². The summed E-state index contributed by atoms with van der Waals surface area (Å²) < 4.78 is 0. The largest absolute Gasteiger partial charge is 0.397 e. The van der Waals surface area contributed by atoms with Crippen LogP contribution in [0.5, 0.6) is 0 Å². The van der Waals surface area contributed by atoms with Crippen LogP contribution in [0.1, 0.15) is 16.1 Å². The molecule has 2 aromatic rings. The van der Waals surface area contributed by atoms with Gasteiger partial charge in [-0.25, -0.2) is 4.98 Å². The van der Waals surface area contributed by atoms with Crippen molar-refractivity contribution in [2.24, 2.45) is 0 Å². The molecule has 0 aliphatic carbocycles. The molecular formula is C13H14N4OS. The van der Waals surface area contributed by atoms with Crippen LogP contribution in [-0.2, 0) is 17.8 Å². The monoisotopic (exact) mass is 274 g/mol. The highest BCUT2D eigenvalue weighted by atomic mass is 32.1. The first-order valence-corrected chi connectivity index (χ1v) is 6.86. The van der Waals surface area contributed by atoms with Gasteiger partial charge >= 0.3 is 0 Å². The normalized spacial score (nSPS) is 13.2. The number of nitrogens with two attached hydrogens (primary N) is 1. The first-order chi connectivity index (χ1) is 9.13. The molecule has 1 aromatic carbocycles. The van der Waals surface area contributed by atoms with Crippen molar-refractivity contribution < 1.29 is 4.79 Å². The number of hydrogen-bond acceptors (Lipinski definition) is 5. The third kappa shape index (κ3) is 2.26. The first kappa shape index (κ1) is 12.0. The van der Waals surface area contributed by atoms with Crippen molar-refractivity contribution in [2.75, 3.05) is 16.4 Å². The highest BCUT2D eigenvalue weighted by Gasteiger charge is 2.19. The quantitative estimate of drug-likeness (QED) is 0.749. The molecule has 6 heteroatoms. The van der Waals surface area contributed by atoms with E-state index in [2.05, 4.69) is 15.6 Å². The zero-order valence-corrected chi connectivity index (χ0v) is 11.3. The third-order valence-electron chi connectivity index (χ3n) is 3.18. The Morgan fingerprint density at radius 3 is 3.11 bits per heavy atom. The highest BCUT2D eigenvalue weighted by Crippen LogP contribution is 2.31. The van der Waals surface area contributed by atoms with Crippen molar-refractivity contribution >= 4 is 34.3 Å². The van der Waals surface area contributed by atoms with Gasteiger partial charge in [0.15, 0.2) is 0 Å². The van der Waals surface area contributed by atoms with Gasteiger partial charge in [-0.05, 0) is 24.6 Å². The SMILES string of the molecule is Cc1ncsc1CNc1cc2c(cc1N)CC(=O)N2. The number of thiazole rings is 1. The molecule has 0 fully saturated rings. The minimum atomic E-state index is 0.0184. The molecule has 4 N–H and O–H groups in total. The number of nitrogen functional groups attached to an aromatic ring is 1. The van der Waals surface area contributed by atoms with E-state index >= 15 is 0 Å². The van der Waals surface area contributed by atoms with Gasteiger partial charge in [-0.2, -0.15) is 0 Å². The lowest BCUT2D eigenvalue weighted by atomic mass is 10.1. The fourth-order valence-corrected chi connectivity index (χ4v) is 2.83. The number of nitrogens with zero attached hydrogens (tertiary/aromatic N) is 1. The second-order valence-electron chi connectivity index (χ2n) is 4.54. The van der Waals surface area contributed by atoms with Crippen LogP contribution in [0.25, 0.3) is 0 Å². The number of hydrogen-bond donors (Lipinski definition) is 3. The van der Waals surface area contributed by atoms with E-state index in [1.807, 2.05) is 24.6 Å². The fourth-order valence-electron chi connectivity index (χ4n) is 2.12. The molecule has 2 heterocycles. The Hall–Kier alpha value is -2.08. The molecule has 5 nitrogen and oxygen atoms in total. The van der Waals surface area contributed by atoms with E-state index in [4.69, 9.17) is 5.73 Å². The van der Waals surface area contributed by atoms with Crippen LogP contribution < -0.4 is 16.4 Å². The van der Waals surface area contributed by atoms with Crippen molar-refractivity contribution in [3.05, 3.63) is 33.8 Å². The molecule has 0 saturated heterocycles. The number of aryl methyl sites for hydroxylation is 1. The van der Waals surface area contributed by atoms with Crippen molar-refractivity contribution in [3.63, 3.8) is 0 Å². The molecule has 0 unspecified atom stereocenters. The first-order valence-electron chi connectivity index (χ1n) is 5.98. The summed E-state index contributed by atoms with van der Waals surface area (Å²) in [7, 11) is 0. The predicted molar refractivity (Wildman–Crippen MR) is 77.4 cm³/mol. The van der Waals surface area contributed by atoms with Crippen LogP contribution >= 0.6 is 11.3 Å². The van der Waals surface area contributed by atoms with Crippen LogP contribution in [0.15, 0.2) is 17.6 Å². The second kappa shape index (κ2) is 4.55. The highest BCUT2D eigenvalue weighted by molar-refractivity contribution is 7.09. The fraction of sp³-hybridized carbons (Fsp3) is 0.231. The van der Waals surface area contributed by atoms with E-state index in [-0.39, 0.29) is 5.91 Å². The lowest BCUT2D eigenvalue weighted by Gasteiger charge is -2.11. The Labute approximate surface area is 114 Å². The standard InChI is InChI=1S/C13H14N4OS/c1-7-12(19-6-16-7)5-15-11-4-10-8(2-9(11)14)3-13(18)17-10/h2,4,6,15H,3,5,14H2,1H3,(H,17,18). The maximum Gasteiger partial charge on any atom is 0.228 e. The minimum Gasteiger partial charge on any atom is -0.397 e. The topological polar surface area (TPSA) is 80.0 Å². The van der Waals surface area contributed by atoms with E-state index in [0.717, 1.165) is 22.6 Å². The Bertz CT molecular complexity index is 650. The number of carbonyl (C=O) groups is 1. The zero-order chi connectivity index (χ0) is 13.4. The molecule has 0 bridgehead atoms. The van der Waals surface area contributed by atoms with Crippen LogP contribution in [-0.4, -0.2) is 10.9 Å². The summed E-state index contributed by atoms with van der Waals surface area (Å²) in [6.45, 7) is 2.67. The average molecular weight is 274 g/mol. The third-order valence-corrected chi connectivity index (χ3v) is 4.12. The van der Waals surface area contributed by atoms with Gasteiger partial charge in [0.25, 0.3) is 0 Å². The maximum absolute atomic E-state index is 11.3. The summed E-state index contributed by atoms with van der Waals surface area (Å²) in [6, 6.07) is 3.75. The maximum atomic E-state index is 11.3. The molecule has 98 valence electrons. The second-order valence-corrected chi connectivity index (χ2v) is 5.48. The van der Waals surface area contributed by atoms with Crippen molar-refractivity contribution in [1.82, 2.24) is 4.98 Å². The molecule has 0 radical (unpaired) electrons. The molecule has 1 amide bonds. The van der Waals surface area contributed by atoms with Gasteiger partial charge in [0, 0.05) is 10.6 Å². The average Bonchev–Trinajstić information content (AvgIpc) is 2.91. The molecule has 1 aliphatic heterocycles. The Morgan fingerprint density at radius 2 is 2.37 bits per heavy atom. The summed E-state index contributed by atoms with van der Waals surface area (Å²) in [5.41, 5.74) is 12.2. The van der Waals surface area contributed by atoms with E-state index in [1.165, 1.54) is 4.88 Å². The van der Waals surface area contributed by atoms with Crippen molar-refractivity contribution in [3.8, 4) is 0 Å². The van der Waals surface area contributed by atoms with Gasteiger partial charge in [-0.3, -0.25) is 4.79 Å². The van der Waals surface area contributed by atoms with Gasteiger partial charge < -0.3 is 16.4 Å². The molecule has 1 aliphatic rings. The number of rotatable bonds is 3. The van der Waals surface area contributed by atoms with Gasteiger partial charge in [-0.1, -0.05) is 0 Å². The van der Waals surface area contributed by atoms with Crippen molar-refractivity contribution in [2.45, 2.75) is 19.9 Å². The summed E-state index contributed by atoms with van der Waals surface area (Å²) in [5, 5.41) is 6.12. The van der Waals surface area contributed by atoms with Gasteiger partial charge in [0.2, 0.25) is 5.91 Å². The summed E-state index contributed by atoms with van der Waals surface area (Å²) in [5.74, 6) is 0.0184. The van der Waals surface area contributed by atoms with Crippen molar-refractivity contribution in [1.29, 1.82) is 0 Å². The van der Waals surface area contributed by atoms with E-state index in [1.54, 1.807) is 11.3 Å². The predicted octanol–water partition coefficient (Wildman–Crippen LogP) is 2.14. The van der Waals surface area contributed by atoms with Gasteiger partial charge in [-0.15, -0.1) is 11.3 Å². The van der Waals surface area contributed by atoms with E-state index in [9.17, 15) is 4.79 Å². The number of amides is 1. The Balaban J connectivity index is 1.80. The smallest absolute Gasteiger partial charge is 0.228 e. The number of nitrogens with one attached hydrogen (secondary N) is 2. The number of benzene rings is 1. The molecule has 3 rings (SSSR count). The van der Waals surface area contributed by atoms with Crippen LogP contribution in [0.3, 0.4) is 0 Å². The van der Waals surface area contributed by atoms with E-state index < -0.39 is 0 Å². The summed E-state index contributed by atoms with van der Waals surface area (Å²) >= 11 is 1.62. The lowest BCUT2D eigenvalue weighted by Crippen LogP contribution is -2.04. The number of fused-ring (bicyclic) bond motifs is 1. The van der Waals surface area contributed by atoms with Crippen LogP contribution in [0.4, 0.5) is 17.1 Å². The number of anilines is 3. The molecule has 0 atom stereocenters. The molecule has 19 heavy (non-hydrogen) atoms. The molecule has 0 saturated carbocycles. The number of carbonyl (C=O) groups excluding carboxylic acids is 1. The Kier molecular flexibility index (Phi) is 2.87. The molecular weight excluding hydrogens is 260 g/mol. The summed E-state index contributed by atoms with van der Waals surface area (Å²) in [6.07, 6.45) is 0.410. The van der Waals surface area contributed by atoms with Crippen LogP contribution in [0, 0.1) is 6.92 Å². The number of aromatic nitrogens is 1. The summed E-state index contributed by atoms with van der Waals surface area (Å²) in [4.78, 5) is 16.7. The zero-order valence-electron chi connectivity index (χ0n) is 10.5. The van der Waals surface area contributed by atoms with E-state index in [0.29, 0.717) is 18.7 Å². The van der Waals surface area contributed by atoms with Crippen LogP contribution in [0.2, 0.25) is 0 Å². The molecule has 0 spiro atoms.